The minimum Gasteiger partial charge on any atom is -0.507 e. The minimum atomic E-state index is -0.997. The summed E-state index contributed by atoms with van der Waals surface area (Å²) in [5.74, 6) is -1.64. The topological polar surface area (TPSA) is 109 Å². The van der Waals surface area contributed by atoms with Crippen molar-refractivity contribution in [2.45, 2.75) is 12.8 Å². The minimum absolute atomic E-state index is 0.0952. The molecule has 4 aromatic rings. The highest BCUT2D eigenvalue weighted by Gasteiger charge is 2.18. The Morgan fingerprint density at radius 2 is 1.76 bits per heavy atom. The highest BCUT2D eigenvalue weighted by atomic mass is 16.4. The van der Waals surface area contributed by atoms with Gasteiger partial charge in [0, 0.05) is 18.2 Å². The summed E-state index contributed by atoms with van der Waals surface area (Å²) in [6.45, 7) is 0. The zero-order valence-corrected chi connectivity index (χ0v) is 15.2. The van der Waals surface area contributed by atoms with Gasteiger partial charge in [0.2, 0.25) is 0 Å². The fraction of sp³-hybridized carbons (Fsp3) is 0.0909. The second-order valence-corrected chi connectivity index (χ2v) is 6.62. The number of fused-ring (bicyclic) bond motifs is 2. The molecule has 0 aliphatic carbocycles. The number of rotatable bonds is 5. The largest absolute Gasteiger partial charge is 0.507 e. The number of nitrogens with zero attached hydrogens (tertiary/aromatic N) is 2. The van der Waals surface area contributed by atoms with Gasteiger partial charge in [0.15, 0.2) is 5.78 Å². The zero-order valence-electron chi connectivity index (χ0n) is 15.2. The van der Waals surface area contributed by atoms with Gasteiger partial charge < -0.3 is 10.2 Å². The molecule has 0 spiro atoms. The predicted molar refractivity (Wildman–Crippen MR) is 106 cm³/mol. The first-order valence-corrected chi connectivity index (χ1v) is 8.94. The second-order valence-electron chi connectivity index (χ2n) is 6.62. The molecule has 0 aliphatic rings. The molecular weight excluding hydrogens is 372 g/mol. The normalized spacial score (nSPS) is 11.0. The first-order valence-electron chi connectivity index (χ1n) is 8.94. The molecule has 0 fully saturated rings. The molecule has 0 unspecified atom stereocenters. The van der Waals surface area contributed by atoms with Crippen LogP contribution in [0.15, 0.2) is 65.6 Å². The van der Waals surface area contributed by atoms with Gasteiger partial charge in [0.25, 0.3) is 5.56 Å². The van der Waals surface area contributed by atoms with Crippen molar-refractivity contribution < 1.29 is 19.8 Å². The summed E-state index contributed by atoms with van der Waals surface area (Å²) in [6.07, 6.45) is 1.31. The Labute approximate surface area is 164 Å². The van der Waals surface area contributed by atoms with Crippen molar-refractivity contribution in [2.75, 3.05) is 0 Å². The number of ketones is 1. The Bertz CT molecular complexity index is 1340. The van der Waals surface area contributed by atoms with Crippen LogP contribution in [-0.2, 0) is 11.2 Å². The van der Waals surface area contributed by atoms with Crippen LogP contribution in [0.2, 0.25) is 0 Å². The van der Waals surface area contributed by atoms with Gasteiger partial charge in [0.1, 0.15) is 11.4 Å². The molecule has 29 heavy (non-hydrogen) atoms. The SMILES string of the molecule is O=C(O)CCc1cc(C(=O)c2ccccc2O)cn2c(=O)c3ccccc3nc12. The van der Waals surface area contributed by atoms with Crippen molar-refractivity contribution in [2.24, 2.45) is 0 Å². The summed E-state index contributed by atoms with van der Waals surface area (Å²) >= 11 is 0. The lowest BCUT2D eigenvalue weighted by Gasteiger charge is -2.11. The van der Waals surface area contributed by atoms with Crippen LogP contribution in [0.3, 0.4) is 0 Å². The summed E-state index contributed by atoms with van der Waals surface area (Å²) in [4.78, 5) is 41.6. The van der Waals surface area contributed by atoms with Crippen LogP contribution in [-0.4, -0.2) is 31.4 Å². The van der Waals surface area contributed by atoms with E-state index in [0.717, 1.165) is 0 Å². The van der Waals surface area contributed by atoms with E-state index < -0.39 is 11.8 Å². The molecule has 2 N–H and O–H groups in total. The monoisotopic (exact) mass is 388 g/mol. The van der Waals surface area contributed by atoms with E-state index in [1.807, 2.05) is 0 Å². The molecular formula is C22H16N2O5. The van der Waals surface area contributed by atoms with Crippen molar-refractivity contribution in [3.63, 3.8) is 0 Å². The Morgan fingerprint density at radius 3 is 2.52 bits per heavy atom. The Hall–Kier alpha value is -4.00. The molecule has 0 saturated carbocycles. The van der Waals surface area contributed by atoms with Crippen LogP contribution in [0.4, 0.5) is 0 Å². The van der Waals surface area contributed by atoms with Crippen molar-refractivity contribution in [1.29, 1.82) is 0 Å². The van der Waals surface area contributed by atoms with E-state index in [9.17, 15) is 19.5 Å². The summed E-state index contributed by atoms with van der Waals surface area (Å²) in [6, 6.07) is 14.5. The molecule has 0 atom stereocenters. The summed E-state index contributed by atoms with van der Waals surface area (Å²) in [7, 11) is 0. The van der Waals surface area contributed by atoms with E-state index in [4.69, 9.17) is 5.11 Å². The fourth-order valence-corrected chi connectivity index (χ4v) is 3.29. The molecule has 144 valence electrons. The third-order valence-electron chi connectivity index (χ3n) is 4.71. The molecule has 7 heteroatoms. The number of carboxylic acid groups (broad SMARTS) is 1. The number of aryl methyl sites for hydroxylation is 1. The highest BCUT2D eigenvalue weighted by Crippen LogP contribution is 2.22. The number of benzene rings is 2. The lowest BCUT2D eigenvalue weighted by molar-refractivity contribution is -0.136. The van der Waals surface area contributed by atoms with Gasteiger partial charge in [-0.1, -0.05) is 24.3 Å². The molecule has 2 aromatic heterocycles. The van der Waals surface area contributed by atoms with Crippen LogP contribution in [0.5, 0.6) is 5.75 Å². The van der Waals surface area contributed by atoms with Crippen LogP contribution >= 0.6 is 0 Å². The summed E-state index contributed by atoms with van der Waals surface area (Å²) in [5, 5.41) is 19.5. The number of hydrogen-bond acceptors (Lipinski definition) is 5. The summed E-state index contributed by atoms with van der Waals surface area (Å²) in [5.41, 5.74) is 1.18. The number of pyridine rings is 1. The van der Waals surface area contributed by atoms with Gasteiger partial charge >= 0.3 is 5.97 Å². The van der Waals surface area contributed by atoms with Gasteiger partial charge in [-0.25, -0.2) is 4.98 Å². The van der Waals surface area contributed by atoms with Gasteiger partial charge in [-0.15, -0.1) is 0 Å². The van der Waals surface area contributed by atoms with E-state index in [0.29, 0.717) is 22.1 Å². The zero-order chi connectivity index (χ0) is 20.5. The van der Waals surface area contributed by atoms with Crippen LogP contribution in [0.25, 0.3) is 16.6 Å². The number of phenolic OH excluding ortho intramolecular Hbond substituents is 1. The standard InChI is InChI=1S/C22H16N2O5/c25-18-8-4-2-6-16(18)20(28)14-11-13(9-10-19(26)27)21-23-17-7-3-1-5-15(17)22(29)24(21)12-14/h1-8,11-12,25H,9-10H2,(H,26,27). The Balaban J connectivity index is 1.99. The van der Waals surface area contributed by atoms with E-state index in [1.165, 1.54) is 28.8 Å². The number of carboxylic acids is 1. The summed E-state index contributed by atoms with van der Waals surface area (Å²) < 4.78 is 1.27. The smallest absolute Gasteiger partial charge is 0.303 e. The number of para-hydroxylation sites is 2. The number of carbonyl (C=O) groups is 2. The Kier molecular flexibility index (Phi) is 4.56. The Morgan fingerprint density at radius 1 is 1.03 bits per heavy atom. The number of hydrogen-bond donors (Lipinski definition) is 2. The van der Waals surface area contributed by atoms with Gasteiger partial charge in [-0.3, -0.25) is 18.8 Å². The van der Waals surface area contributed by atoms with Crippen LogP contribution in [0, 0.1) is 0 Å². The first kappa shape index (κ1) is 18.4. The van der Waals surface area contributed by atoms with Crippen molar-refractivity contribution in [3.8, 4) is 5.75 Å². The second kappa shape index (κ2) is 7.20. The molecule has 4 rings (SSSR count). The van der Waals surface area contributed by atoms with Gasteiger partial charge in [-0.2, -0.15) is 0 Å². The van der Waals surface area contributed by atoms with Crippen LogP contribution in [0.1, 0.15) is 27.9 Å². The molecule has 0 bridgehead atoms. The lowest BCUT2D eigenvalue weighted by Crippen LogP contribution is -2.19. The molecule has 0 aliphatic heterocycles. The van der Waals surface area contributed by atoms with Crippen molar-refractivity contribution in [1.82, 2.24) is 9.38 Å². The molecule has 2 heterocycles. The highest BCUT2D eigenvalue weighted by molar-refractivity contribution is 6.10. The first-order chi connectivity index (χ1) is 14.0. The third kappa shape index (κ3) is 3.34. The maximum Gasteiger partial charge on any atom is 0.303 e. The van der Waals surface area contributed by atoms with Crippen molar-refractivity contribution in [3.05, 3.63) is 87.8 Å². The molecule has 0 amide bonds. The van der Waals surface area contributed by atoms with Gasteiger partial charge in [0.05, 0.1) is 16.5 Å². The number of phenols is 1. The number of aromatic hydroxyl groups is 1. The van der Waals surface area contributed by atoms with E-state index in [1.54, 1.807) is 36.4 Å². The van der Waals surface area contributed by atoms with Gasteiger partial charge in [-0.05, 0) is 42.3 Å². The predicted octanol–water partition coefficient (Wildman–Crippen LogP) is 2.80. The molecule has 0 radical (unpaired) electrons. The quantitative estimate of drug-likeness (QED) is 0.402. The van der Waals surface area contributed by atoms with E-state index in [2.05, 4.69) is 4.98 Å². The number of aliphatic carboxylic acids is 1. The van der Waals surface area contributed by atoms with Crippen LogP contribution < -0.4 is 5.56 Å². The molecule has 2 aromatic carbocycles. The van der Waals surface area contributed by atoms with E-state index >= 15 is 0 Å². The average molecular weight is 388 g/mol. The van der Waals surface area contributed by atoms with E-state index in [-0.39, 0.29) is 35.3 Å². The average Bonchev–Trinajstić information content (AvgIpc) is 2.72. The molecule has 7 nitrogen and oxygen atoms in total. The fourth-order valence-electron chi connectivity index (χ4n) is 3.29. The maximum absolute atomic E-state index is 13.0. The van der Waals surface area contributed by atoms with Crippen molar-refractivity contribution >= 4 is 28.3 Å². The number of carbonyl (C=O) groups excluding carboxylic acids is 1. The maximum atomic E-state index is 13.0. The molecule has 0 saturated heterocycles. The number of aromatic nitrogens is 2. The third-order valence-corrected chi connectivity index (χ3v) is 4.71. The lowest BCUT2D eigenvalue weighted by atomic mass is 10.0.